The molecule has 2 heterocycles. The van der Waals surface area contributed by atoms with Crippen LogP contribution >= 0.6 is 28.3 Å². The highest BCUT2D eigenvalue weighted by Gasteiger charge is 2.18. The predicted octanol–water partition coefficient (Wildman–Crippen LogP) is 3.99. The highest BCUT2D eigenvalue weighted by atomic mass is 79.9. The second-order valence-electron chi connectivity index (χ2n) is 4.61. The molecule has 0 amide bonds. The van der Waals surface area contributed by atoms with Gasteiger partial charge in [-0.2, -0.15) is 0 Å². The van der Waals surface area contributed by atoms with Crippen LogP contribution in [0.1, 0.15) is 23.8 Å². The third-order valence-electron chi connectivity index (χ3n) is 3.33. The summed E-state index contributed by atoms with van der Waals surface area (Å²) in [6, 6.07) is 6.64. The van der Waals surface area contributed by atoms with Gasteiger partial charge in [-0.1, -0.05) is 12.1 Å². The van der Waals surface area contributed by atoms with E-state index in [-0.39, 0.29) is 22.8 Å². The van der Waals surface area contributed by atoms with Gasteiger partial charge < -0.3 is 5.32 Å². The van der Waals surface area contributed by atoms with Gasteiger partial charge in [-0.25, -0.2) is 9.37 Å². The molecule has 19 heavy (non-hydrogen) atoms. The Bertz CT molecular complexity index is 538. The Kier molecular flexibility index (Phi) is 5.07. The van der Waals surface area contributed by atoms with E-state index in [0.717, 1.165) is 37.2 Å². The van der Waals surface area contributed by atoms with E-state index in [4.69, 9.17) is 0 Å². The summed E-state index contributed by atoms with van der Waals surface area (Å²) in [4.78, 5) is 4.67. The highest BCUT2D eigenvalue weighted by molar-refractivity contribution is 8.93. The van der Waals surface area contributed by atoms with Gasteiger partial charge in [-0.3, -0.25) is 0 Å². The minimum Gasteiger partial charge on any atom is -0.317 e. The molecule has 5 heteroatoms. The van der Waals surface area contributed by atoms with Gasteiger partial charge in [0.2, 0.25) is 0 Å². The summed E-state index contributed by atoms with van der Waals surface area (Å²) in [6.07, 6.45) is 2.30. The van der Waals surface area contributed by atoms with E-state index in [9.17, 15) is 4.39 Å². The quantitative estimate of drug-likeness (QED) is 0.892. The predicted molar refractivity (Wildman–Crippen MR) is 82.7 cm³/mol. The van der Waals surface area contributed by atoms with Crippen molar-refractivity contribution in [2.45, 2.75) is 18.8 Å². The smallest absolute Gasteiger partial charge is 0.123 e. The molecule has 0 unspecified atom stereocenters. The molecular formula is C14H16BrFN2S. The van der Waals surface area contributed by atoms with Crippen molar-refractivity contribution < 1.29 is 4.39 Å². The van der Waals surface area contributed by atoms with E-state index < -0.39 is 0 Å². The molecule has 1 fully saturated rings. The van der Waals surface area contributed by atoms with Crippen LogP contribution in [-0.2, 0) is 0 Å². The van der Waals surface area contributed by atoms with Gasteiger partial charge in [0, 0.05) is 16.9 Å². The molecule has 1 aromatic heterocycles. The van der Waals surface area contributed by atoms with Crippen LogP contribution in [0, 0.1) is 5.82 Å². The number of halogens is 2. The molecule has 0 spiro atoms. The summed E-state index contributed by atoms with van der Waals surface area (Å²) in [6.45, 7) is 2.14. The Labute approximate surface area is 126 Å². The van der Waals surface area contributed by atoms with Gasteiger partial charge in [0.15, 0.2) is 0 Å². The Balaban J connectivity index is 0.00000133. The third-order valence-corrected chi connectivity index (χ3v) is 4.34. The molecule has 0 aliphatic carbocycles. The maximum Gasteiger partial charge on any atom is 0.123 e. The third kappa shape index (κ3) is 3.41. The minimum absolute atomic E-state index is 0. The van der Waals surface area contributed by atoms with Gasteiger partial charge in [0.05, 0.1) is 10.7 Å². The van der Waals surface area contributed by atoms with Gasteiger partial charge in [0.25, 0.3) is 0 Å². The van der Waals surface area contributed by atoms with Gasteiger partial charge in [-0.15, -0.1) is 28.3 Å². The van der Waals surface area contributed by atoms with Crippen molar-refractivity contribution in [3.63, 3.8) is 0 Å². The maximum absolute atomic E-state index is 13.2. The number of hydrogen-bond acceptors (Lipinski definition) is 3. The normalized spacial score (nSPS) is 16.1. The second kappa shape index (κ2) is 6.59. The molecule has 0 saturated carbocycles. The molecule has 1 aromatic carbocycles. The number of hydrogen-bond donors (Lipinski definition) is 1. The van der Waals surface area contributed by atoms with Gasteiger partial charge >= 0.3 is 0 Å². The minimum atomic E-state index is -0.205. The van der Waals surface area contributed by atoms with Crippen molar-refractivity contribution in [1.82, 2.24) is 10.3 Å². The molecule has 2 aromatic rings. The Morgan fingerprint density at radius 1 is 1.26 bits per heavy atom. The lowest BCUT2D eigenvalue weighted by Gasteiger charge is -2.20. The van der Waals surface area contributed by atoms with Crippen molar-refractivity contribution in [1.29, 1.82) is 0 Å². The molecule has 1 N–H and O–H groups in total. The number of rotatable bonds is 2. The van der Waals surface area contributed by atoms with Crippen LogP contribution < -0.4 is 5.32 Å². The largest absolute Gasteiger partial charge is 0.317 e. The van der Waals surface area contributed by atoms with Crippen LogP contribution in [0.5, 0.6) is 0 Å². The Hall–Kier alpha value is -0.780. The highest BCUT2D eigenvalue weighted by Crippen LogP contribution is 2.31. The summed E-state index contributed by atoms with van der Waals surface area (Å²) in [7, 11) is 0. The molecule has 3 rings (SSSR count). The van der Waals surface area contributed by atoms with Crippen molar-refractivity contribution in [2.75, 3.05) is 13.1 Å². The number of benzene rings is 1. The van der Waals surface area contributed by atoms with Crippen molar-refractivity contribution in [2.24, 2.45) is 0 Å². The first kappa shape index (κ1) is 14.6. The van der Waals surface area contributed by atoms with Crippen molar-refractivity contribution in [3.8, 4) is 11.3 Å². The second-order valence-corrected chi connectivity index (χ2v) is 5.50. The first-order chi connectivity index (χ1) is 8.83. The van der Waals surface area contributed by atoms with Crippen LogP contribution in [-0.4, -0.2) is 18.1 Å². The molecule has 1 aliphatic heterocycles. The number of thiazole rings is 1. The fourth-order valence-electron chi connectivity index (χ4n) is 2.32. The zero-order valence-electron chi connectivity index (χ0n) is 10.4. The lowest BCUT2D eigenvalue weighted by atomic mass is 9.99. The summed E-state index contributed by atoms with van der Waals surface area (Å²) < 4.78 is 13.2. The zero-order valence-corrected chi connectivity index (χ0v) is 13.0. The molecule has 102 valence electrons. The monoisotopic (exact) mass is 342 g/mol. The molecule has 0 bridgehead atoms. The average molecular weight is 343 g/mol. The number of aromatic nitrogens is 1. The summed E-state index contributed by atoms with van der Waals surface area (Å²) in [5, 5.41) is 6.58. The van der Waals surface area contributed by atoms with Gasteiger partial charge in [0.1, 0.15) is 5.82 Å². The fourth-order valence-corrected chi connectivity index (χ4v) is 3.32. The molecule has 2 nitrogen and oxygen atoms in total. The maximum atomic E-state index is 13.2. The number of nitrogens with zero attached hydrogens (tertiary/aromatic N) is 1. The lowest BCUT2D eigenvalue weighted by Crippen LogP contribution is -2.26. The van der Waals surface area contributed by atoms with Crippen molar-refractivity contribution >= 4 is 28.3 Å². The Morgan fingerprint density at radius 3 is 2.79 bits per heavy atom. The molecular weight excluding hydrogens is 327 g/mol. The van der Waals surface area contributed by atoms with Crippen LogP contribution in [0.4, 0.5) is 4.39 Å². The average Bonchev–Trinajstić information content (AvgIpc) is 2.89. The van der Waals surface area contributed by atoms with E-state index in [0.29, 0.717) is 5.92 Å². The summed E-state index contributed by atoms with van der Waals surface area (Å²) >= 11 is 1.70. The van der Waals surface area contributed by atoms with Crippen LogP contribution in [0.15, 0.2) is 29.6 Å². The van der Waals surface area contributed by atoms with Gasteiger partial charge in [-0.05, 0) is 38.1 Å². The first-order valence-corrected chi connectivity index (χ1v) is 7.13. The topological polar surface area (TPSA) is 24.9 Å². The Morgan fingerprint density at radius 2 is 2.05 bits per heavy atom. The zero-order chi connectivity index (χ0) is 12.4. The van der Waals surface area contributed by atoms with Crippen molar-refractivity contribution in [3.05, 3.63) is 40.5 Å². The van der Waals surface area contributed by atoms with E-state index >= 15 is 0 Å². The van der Waals surface area contributed by atoms with E-state index in [1.54, 1.807) is 23.5 Å². The lowest BCUT2D eigenvalue weighted by molar-refractivity contribution is 0.459. The molecule has 1 aliphatic rings. The molecule has 0 radical (unpaired) electrons. The summed E-state index contributed by atoms with van der Waals surface area (Å²) in [5.74, 6) is 0.363. The number of nitrogens with one attached hydrogen (secondary N) is 1. The standard InChI is InChI=1S/C14H15FN2S.BrH/c15-12-3-1-2-11(8-12)13-9-18-14(17-13)10-4-6-16-7-5-10;/h1-3,8-10,16H,4-7H2;1H. The molecule has 0 atom stereocenters. The van der Waals surface area contributed by atoms with E-state index in [1.807, 2.05) is 11.4 Å². The fraction of sp³-hybridized carbons (Fsp3) is 0.357. The van der Waals surface area contributed by atoms with E-state index in [1.165, 1.54) is 11.1 Å². The van der Waals surface area contributed by atoms with E-state index in [2.05, 4.69) is 10.3 Å². The molecule has 1 saturated heterocycles. The SMILES string of the molecule is Br.Fc1cccc(-c2csc(C3CCNCC3)n2)c1. The van der Waals surface area contributed by atoms with Crippen LogP contribution in [0.2, 0.25) is 0 Å². The number of piperidine rings is 1. The van der Waals surface area contributed by atoms with Crippen LogP contribution in [0.3, 0.4) is 0 Å². The summed E-state index contributed by atoms with van der Waals surface area (Å²) in [5.41, 5.74) is 1.76. The first-order valence-electron chi connectivity index (χ1n) is 6.25. The van der Waals surface area contributed by atoms with Crippen LogP contribution in [0.25, 0.3) is 11.3 Å².